The van der Waals surface area contributed by atoms with Gasteiger partial charge in [0.1, 0.15) is 0 Å². The van der Waals surface area contributed by atoms with E-state index < -0.39 is 0 Å². The fourth-order valence-electron chi connectivity index (χ4n) is 2.04. The second-order valence-corrected chi connectivity index (χ2v) is 6.89. The molecule has 0 aliphatic carbocycles. The first kappa shape index (κ1) is 15.7. The van der Waals surface area contributed by atoms with Gasteiger partial charge in [0, 0.05) is 6.54 Å². The van der Waals surface area contributed by atoms with Crippen molar-refractivity contribution in [1.29, 1.82) is 0 Å². The third-order valence-corrected chi connectivity index (χ3v) is 4.49. The van der Waals surface area contributed by atoms with Crippen molar-refractivity contribution >= 4 is 15.9 Å². The van der Waals surface area contributed by atoms with Crippen molar-refractivity contribution in [3.8, 4) is 0 Å². The summed E-state index contributed by atoms with van der Waals surface area (Å²) in [7, 11) is 2.03. The second-order valence-electron chi connectivity index (χ2n) is 6.04. The molecule has 1 rings (SSSR count). The van der Waals surface area contributed by atoms with Gasteiger partial charge in [0.15, 0.2) is 0 Å². The molecule has 1 aromatic rings. The predicted molar refractivity (Wildman–Crippen MR) is 80.6 cm³/mol. The van der Waals surface area contributed by atoms with E-state index in [4.69, 9.17) is 0 Å². The van der Waals surface area contributed by atoms with E-state index in [9.17, 15) is 0 Å². The molecule has 0 aliphatic heterocycles. The van der Waals surface area contributed by atoms with Gasteiger partial charge in [-0.1, -0.05) is 27.7 Å². The highest BCUT2D eigenvalue weighted by molar-refractivity contribution is 9.10. The molecule has 18 heavy (non-hydrogen) atoms. The van der Waals surface area contributed by atoms with Gasteiger partial charge in [-0.3, -0.25) is 4.68 Å². The zero-order chi connectivity index (χ0) is 13.9. The lowest BCUT2D eigenvalue weighted by Crippen LogP contribution is -2.27. The number of halogens is 1. The minimum atomic E-state index is 0.332. The molecule has 0 spiro atoms. The van der Waals surface area contributed by atoms with Crippen LogP contribution in [0, 0.1) is 11.3 Å². The van der Waals surface area contributed by atoms with Gasteiger partial charge in [0.25, 0.3) is 0 Å². The Hall–Kier alpha value is -0.350. The second kappa shape index (κ2) is 6.20. The summed E-state index contributed by atoms with van der Waals surface area (Å²) in [6, 6.07) is 0.344. The van der Waals surface area contributed by atoms with Gasteiger partial charge in [0.2, 0.25) is 0 Å². The van der Waals surface area contributed by atoms with Gasteiger partial charge < -0.3 is 5.32 Å². The van der Waals surface area contributed by atoms with E-state index in [1.54, 1.807) is 0 Å². The molecule has 1 aromatic heterocycles. The first-order valence-electron chi connectivity index (χ1n) is 6.69. The van der Waals surface area contributed by atoms with Crippen molar-refractivity contribution < 1.29 is 0 Å². The maximum Gasteiger partial charge on any atom is 0.0695 e. The molecule has 1 N–H and O–H groups in total. The van der Waals surface area contributed by atoms with Crippen LogP contribution in [0.15, 0.2) is 10.7 Å². The first-order chi connectivity index (χ1) is 8.31. The molecule has 2 unspecified atom stereocenters. The lowest BCUT2D eigenvalue weighted by Gasteiger charge is -2.31. The Kier molecular flexibility index (Phi) is 5.41. The Morgan fingerprint density at radius 2 is 2.06 bits per heavy atom. The third-order valence-electron chi connectivity index (χ3n) is 3.88. The topological polar surface area (TPSA) is 29.9 Å². The smallest absolute Gasteiger partial charge is 0.0695 e. The molecule has 4 heteroatoms. The van der Waals surface area contributed by atoms with Crippen LogP contribution in [0.25, 0.3) is 0 Å². The highest BCUT2D eigenvalue weighted by Gasteiger charge is 2.26. The predicted octanol–water partition coefficient (Wildman–Crippen LogP) is 4.00. The van der Waals surface area contributed by atoms with E-state index in [1.165, 1.54) is 5.69 Å². The number of rotatable bonds is 5. The summed E-state index contributed by atoms with van der Waals surface area (Å²) in [5.41, 5.74) is 1.59. The number of aryl methyl sites for hydroxylation is 1. The number of hydrogen-bond donors (Lipinski definition) is 1. The van der Waals surface area contributed by atoms with E-state index >= 15 is 0 Å². The van der Waals surface area contributed by atoms with E-state index in [0.29, 0.717) is 17.4 Å². The van der Waals surface area contributed by atoms with Crippen LogP contribution in [0.1, 0.15) is 52.8 Å². The third kappa shape index (κ3) is 3.58. The van der Waals surface area contributed by atoms with E-state index in [2.05, 4.69) is 65.6 Å². The monoisotopic (exact) mass is 315 g/mol. The normalized spacial score (nSPS) is 15.7. The van der Waals surface area contributed by atoms with Crippen LogP contribution in [-0.2, 0) is 6.54 Å². The van der Waals surface area contributed by atoms with Gasteiger partial charge in [0.05, 0.1) is 22.4 Å². The zero-order valence-corrected chi connectivity index (χ0v) is 14.0. The highest BCUT2D eigenvalue weighted by atomic mass is 79.9. The molecular weight excluding hydrogens is 290 g/mol. The standard InChI is InChI=1S/C14H26BrN3/c1-7-18-13(11(15)9-17-18)12(16-6)8-10(2)14(3,4)5/h9-10,12,16H,7-8H2,1-6H3. The van der Waals surface area contributed by atoms with Gasteiger partial charge in [-0.25, -0.2) is 0 Å². The molecule has 0 saturated carbocycles. The van der Waals surface area contributed by atoms with Crippen LogP contribution < -0.4 is 5.32 Å². The Morgan fingerprint density at radius 1 is 1.44 bits per heavy atom. The molecule has 2 atom stereocenters. The summed E-state index contributed by atoms with van der Waals surface area (Å²) >= 11 is 3.62. The van der Waals surface area contributed by atoms with Gasteiger partial charge in [-0.2, -0.15) is 5.10 Å². The van der Waals surface area contributed by atoms with E-state index in [0.717, 1.165) is 17.4 Å². The first-order valence-corrected chi connectivity index (χ1v) is 7.49. The van der Waals surface area contributed by atoms with Crippen molar-refractivity contribution in [2.45, 2.75) is 53.6 Å². The average Bonchev–Trinajstić information content (AvgIpc) is 2.65. The SMILES string of the molecule is CCn1ncc(Br)c1C(CC(C)C(C)(C)C)NC. The molecule has 0 aliphatic rings. The Bertz CT molecular complexity index is 379. The van der Waals surface area contributed by atoms with Crippen LogP contribution in [0.4, 0.5) is 0 Å². The lowest BCUT2D eigenvalue weighted by molar-refractivity contribution is 0.223. The number of hydrogen-bond acceptors (Lipinski definition) is 2. The number of nitrogens with zero attached hydrogens (tertiary/aromatic N) is 2. The molecule has 0 bridgehead atoms. The Morgan fingerprint density at radius 3 is 2.50 bits per heavy atom. The number of aromatic nitrogens is 2. The number of nitrogens with one attached hydrogen (secondary N) is 1. The molecule has 104 valence electrons. The summed E-state index contributed by atoms with van der Waals surface area (Å²) in [5.74, 6) is 0.641. The fourth-order valence-corrected chi connectivity index (χ4v) is 2.62. The molecule has 3 nitrogen and oxygen atoms in total. The van der Waals surface area contributed by atoms with Crippen molar-refractivity contribution in [1.82, 2.24) is 15.1 Å². The molecule has 1 heterocycles. The minimum Gasteiger partial charge on any atom is -0.312 e. The average molecular weight is 316 g/mol. The van der Waals surface area contributed by atoms with Crippen molar-refractivity contribution in [2.75, 3.05) is 7.05 Å². The van der Waals surface area contributed by atoms with Crippen LogP contribution >= 0.6 is 15.9 Å². The van der Waals surface area contributed by atoms with Crippen molar-refractivity contribution in [2.24, 2.45) is 11.3 Å². The zero-order valence-electron chi connectivity index (χ0n) is 12.4. The maximum absolute atomic E-state index is 4.40. The largest absolute Gasteiger partial charge is 0.312 e. The van der Waals surface area contributed by atoms with Crippen LogP contribution in [-0.4, -0.2) is 16.8 Å². The molecule has 0 fully saturated rings. The summed E-state index contributed by atoms with van der Waals surface area (Å²) in [4.78, 5) is 0. The molecular formula is C14H26BrN3. The van der Waals surface area contributed by atoms with E-state index in [1.807, 2.05) is 13.2 Å². The summed E-state index contributed by atoms with van der Waals surface area (Å²) < 4.78 is 3.17. The van der Waals surface area contributed by atoms with Crippen LogP contribution in [0.3, 0.4) is 0 Å². The summed E-state index contributed by atoms with van der Waals surface area (Å²) in [6.07, 6.45) is 3.01. The fraction of sp³-hybridized carbons (Fsp3) is 0.786. The Balaban J connectivity index is 2.93. The van der Waals surface area contributed by atoms with Crippen LogP contribution in [0.2, 0.25) is 0 Å². The maximum atomic E-state index is 4.40. The summed E-state index contributed by atoms with van der Waals surface area (Å²) in [6.45, 7) is 12.3. The van der Waals surface area contributed by atoms with Crippen LogP contribution in [0.5, 0.6) is 0 Å². The van der Waals surface area contributed by atoms with Crippen molar-refractivity contribution in [3.63, 3.8) is 0 Å². The lowest BCUT2D eigenvalue weighted by atomic mass is 9.78. The van der Waals surface area contributed by atoms with Gasteiger partial charge in [-0.15, -0.1) is 0 Å². The summed E-state index contributed by atoms with van der Waals surface area (Å²) in [5, 5.41) is 7.83. The van der Waals surface area contributed by atoms with Gasteiger partial charge in [-0.05, 0) is 47.7 Å². The Labute approximate surface area is 119 Å². The minimum absolute atomic E-state index is 0.332. The van der Waals surface area contributed by atoms with E-state index in [-0.39, 0.29) is 0 Å². The molecule has 0 radical (unpaired) electrons. The van der Waals surface area contributed by atoms with Gasteiger partial charge >= 0.3 is 0 Å². The molecule has 0 amide bonds. The highest BCUT2D eigenvalue weighted by Crippen LogP contribution is 2.35. The molecule has 0 saturated heterocycles. The van der Waals surface area contributed by atoms with Crippen molar-refractivity contribution in [3.05, 3.63) is 16.4 Å². The quantitative estimate of drug-likeness (QED) is 0.890. The molecule has 0 aromatic carbocycles.